The number of urea groups is 1. The summed E-state index contributed by atoms with van der Waals surface area (Å²) in [6, 6.07) is 12.5. The van der Waals surface area contributed by atoms with E-state index in [9.17, 15) is 18.0 Å². The van der Waals surface area contributed by atoms with Crippen molar-refractivity contribution >= 4 is 22.8 Å². The van der Waals surface area contributed by atoms with E-state index in [1.54, 1.807) is 25.1 Å². The number of halogens is 3. The second kappa shape index (κ2) is 8.27. The first-order chi connectivity index (χ1) is 15.9. The van der Waals surface area contributed by atoms with Gasteiger partial charge in [-0.1, -0.05) is 12.1 Å². The van der Waals surface area contributed by atoms with Crippen molar-refractivity contribution in [1.29, 1.82) is 0 Å². The molecule has 2 heterocycles. The Kier molecular flexibility index (Phi) is 5.28. The molecule has 5 rings (SSSR count). The predicted molar refractivity (Wildman–Crippen MR) is 118 cm³/mol. The second-order valence-electron chi connectivity index (χ2n) is 8.10. The number of hydrogen-bond acceptors (Lipinski definition) is 3. The summed E-state index contributed by atoms with van der Waals surface area (Å²) < 4.78 is 46.7. The molecule has 1 aliphatic heterocycles. The molecule has 0 saturated carbocycles. The maximum atomic E-state index is 14.0. The van der Waals surface area contributed by atoms with Gasteiger partial charge in [0.2, 0.25) is 5.89 Å². The normalized spacial score (nSPS) is 15.9. The number of amides is 2. The average molecular weight is 451 g/mol. The van der Waals surface area contributed by atoms with E-state index in [4.69, 9.17) is 4.42 Å². The number of carbonyl (C=O) groups is 1. The van der Waals surface area contributed by atoms with E-state index < -0.39 is 23.7 Å². The Morgan fingerprint density at radius 1 is 1.03 bits per heavy atom. The number of fused-ring (bicyclic) bond motifs is 1. The molecule has 1 aliphatic rings. The lowest BCUT2D eigenvalue weighted by molar-refractivity contribution is 0.198. The van der Waals surface area contributed by atoms with Crippen LogP contribution >= 0.6 is 0 Å². The zero-order chi connectivity index (χ0) is 23.1. The standard InChI is InChI=1S/C25H20F3N3O2/c1-14-11-15(4-7-18(14)27)16-5-9-23-21(12-16)29-24(33-23)22-3-2-10-31(22)25(32)30-20-8-6-17(26)13-19(20)28/h4-9,11-13,22H,2-3,10H2,1H3,(H,30,32)/t22-/m0/s1. The van der Waals surface area contributed by atoms with E-state index in [0.29, 0.717) is 35.5 Å². The molecule has 1 saturated heterocycles. The number of carbonyl (C=O) groups excluding carboxylic acids is 1. The fourth-order valence-corrected chi connectivity index (χ4v) is 4.14. The molecule has 1 fully saturated rings. The van der Waals surface area contributed by atoms with Crippen LogP contribution in [0.2, 0.25) is 0 Å². The summed E-state index contributed by atoms with van der Waals surface area (Å²) in [5.74, 6) is -1.43. The summed E-state index contributed by atoms with van der Waals surface area (Å²) in [4.78, 5) is 18.9. The van der Waals surface area contributed by atoms with Gasteiger partial charge in [-0.25, -0.2) is 22.9 Å². The van der Waals surface area contributed by atoms with Crippen molar-refractivity contribution in [3.63, 3.8) is 0 Å². The maximum Gasteiger partial charge on any atom is 0.322 e. The molecule has 4 aromatic rings. The Morgan fingerprint density at radius 2 is 1.82 bits per heavy atom. The van der Waals surface area contributed by atoms with E-state index >= 15 is 0 Å². The predicted octanol–water partition coefficient (Wildman–Crippen LogP) is 6.59. The van der Waals surface area contributed by atoms with Gasteiger partial charge in [-0.15, -0.1) is 0 Å². The molecule has 8 heteroatoms. The third-order valence-electron chi connectivity index (χ3n) is 5.87. The van der Waals surface area contributed by atoms with Crippen LogP contribution in [0.4, 0.5) is 23.7 Å². The summed E-state index contributed by atoms with van der Waals surface area (Å²) in [5, 5.41) is 2.50. The van der Waals surface area contributed by atoms with E-state index in [0.717, 1.165) is 29.7 Å². The zero-order valence-electron chi connectivity index (χ0n) is 17.7. The van der Waals surface area contributed by atoms with Gasteiger partial charge in [0.25, 0.3) is 0 Å². The van der Waals surface area contributed by atoms with Crippen molar-refractivity contribution in [1.82, 2.24) is 9.88 Å². The van der Waals surface area contributed by atoms with Crippen molar-refractivity contribution in [3.05, 3.63) is 83.5 Å². The quantitative estimate of drug-likeness (QED) is 0.382. The van der Waals surface area contributed by atoms with Gasteiger partial charge in [0.15, 0.2) is 5.58 Å². The van der Waals surface area contributed by atoms with Crippen molar-refractivity contribution < 1.29 is 22.4 Å². The van der Waals surface area contributed by atoms with Crippen LogP contribution in [0.5, 0.6) is 0 Å². The lowest BCUT2D eigenvalue weighted by Crippen LogP contribution is -2.34. The summed E-state index contributed by atoms with van der Waals surface area (Å²) in [5.41, 5.74) is 3.40. The van der Waals surface area contributed by atoms with Crippen LogP contribution < -0.4 is 5.32 Å². The van der Waals surface area contributed by atoms with Crippen molar-refractivity contribution in [2.75, 3.05) is 11.9 Å². The smallest absolute Gasteiger partial charge is 0.322 e. The van der Waals surface area contributed by atoms with Gasteiger partial charge in [0.1, 0.15) is 29.0 Å². The third-order valence-corrected chi connectivity index (χ3v) is 5.87. The van der Waals surface area contributed by atoms with Gasteiger partial charge in [-0.2, -0.15) is 0 Å². The molecule has 0 unspecified atom stereocenters. The topological polar surface area (TPSA) is 58.4 Å². The van der Waals surface area contributed by atoms with E-state index in [1.165, 1.54) is 17.0 Å². The van der Waals surface area contributed by atoms with Crippen molar-refractivity contribution in [2.45, 2.75) is 25.8 Å². The lowest BCUT2D eigenvalue weighted by Gasteiger charge is -2.22. The summed E-state index contributed by atoms with van der Waals surface area (Å²) in [6.07, 6.45) is 1.39. The number of oxazole rings is 1. The molecule has 0 radical (unpaired) electrons. The molecule has 33 heavy (non-hydrogen) atoms. The van der Waals surface area contributed by atoms with Crippen LogP contribution in [-0.2, 0) is 0 Å². The van der Waals surface area contributed by atoms with Gasteiger partial charge in [0, 0.05) is 12.6 Å². The van der Waals surface area contributed by atoms with Gasteiger partial charge in [0.05, 0.1) is 5.69 Å². The number of aryl methyl sites for hydroxylation is 1. The molecule has 3 aromatic carbocycles. The molecule has 5 nitrogen and oxygen atoms in total. The van der Waals surface area contributed by atoms with Gasteiger partial charge in [-0.3, -0.25) is 0 Å². The average Bonchev–Trinajstić information content (AvgIpc) is 3.44. The fourth-order valence-electron chi connectivity index (χ4n) is 4.14. The highest BCUT2D eigenvalue weighted by molar-refractivity contribution is 5.90. The minimum Gasteiger partial charge on any atom is -0.438 e. The molecule has 2 amide bonds. The molecular weight excluding hydrogens is 431 g/mol. The number of aromatic nitrogens is 1. The number of rotatable bonds is 3. The van der Waals surface area contributed by atoms with E-state index in [2.05, 4.69) is 10.3 Å². The first-order valence-electron chi connectivity index (χ1n) is 10.6. The highest BCUT2D eigenvalue weighted by Gasteiger charge is 2.34. The Balaban J connectivity index is 1.40. The Labute approximate surface area is 187 Å². The second-order valence-corrected chi connectivity index (χ2v) is 8.10. The number of anilines is 1. The minimum absolute atomic E-state index is 0.0937. The zero-order valence-corrected chi connectivity index (χ0v) is 17.7. The Hall–Kier alpha value is -3.81. The van der Waals surface area contributed by atoms with Crippen LogP contribution in [0.1, 0.15) is 30.3 Å². The lowest BCUT2D eigenvalue weighted by atomic mass is 10.0. The highest BCUT2D eigenvalue weighted by Crippen LogP contribution is 2.35. The summed E-state index contributed by atoms with van der Waals surface area (Å²) >= 11 is 0. The van der Waals surface area contributed by atoms with E-state index in [1.807, 2.05) is 12.1 Å². The van der Waals surface area contributed by atoms with Crippen LogP contribution in [0.15, 0.2) is 59.0 Å². The van der Waals surface area contributed by atoms with Crippen LogP contribution in [0.25, 0.3) is 22.2 Å². The first kappa shape index (κ1) is 21.1. The summed E-state index contributed by atoms with van der Waals surface area (Å²) in [6.45, 7) is 2.17. The molecular formula is C25H20F3N3O2. The number of likely N-dealkylation sites (tertiary alicyclic amines) is 1. The van der Waals surface area contributed by atoms with Crippen LogP contribution in [0, 0.1) is 24.4 Å². The van der Waals surface area contributed by atoms with Crippen LogP contribution in [-0.4, -0.2) is 22.5 Å². The Bertz CT molecular complexity index is 1370. The first-order valence-corrected chi connectivity index (χ1v) is 10.6. The van der Waals surface area contributed by atoms with Gasteiger partial charge < -0.3 is 14.6 Å². The van der Waals surface area contributed by atoms with Crippen molar-refractivity contribution in [2.24, 2.45) is 0 Å². The molecule has 0 bridgehead atoms. The molecule has 168 valence electrons. The molecule has 0 aliphatic carbocycles. The van der Waals surface area contributed by atoms with Crippen LogP contribution in [0.3, 0.4) is 0 Å². The SMILES string of the molecule is Cc1cc(-c2ccc3oc([C@@H]4CCCN4C(=O)Nc4ccc(F)cc4F)nc3c2)ccc1F. The number of benzene rings is 3. The molecule has 1 atom stereocenters. The molecule has 1 N–H and O–H groups in total. The largest absolute Gasteiger partial charge is 0.438 e. The monoisotopic (exact) mass is 451 g/mol. The maximum absolute atomic E-state index is 14.0. The van der Waals surface area contributed by atoms with E-state index in [-0.39, 0.29) is 11.5 Å². The fraction of sp³-hybridized carbons (Fsp3) is 0.200. The minimum atomic E-state index is -0.843. The van der Waals surface area contributed by atoms with Crippen molar-refractivity contribution in [3.8, 4) is 11.1 Å². The number of nitrogens with one attached hydrogen (secondary N) is 1. The number of nitrogens with zero attached hydrogens (tertiary/aromatic N) is 2. The highest BCUT2D eigenvalue weighted by atomic mass is 19.1. The Morgan fingerprint density at radius 3 is 2.61 bits per heavy atom. The molecule has 1 aromatic heterocycles. The number of hydrogen-bond donors (Lipinski definition) is 1. The third kappa shape index (κ3) is 4.04. The summed E-state index contributed by atoms with van der Waals surface area (Å²) in [7, 11) is 0. The molecule has 0 spiro atoms. The van der Waals surface area contributed by atoms with Gasteiger partial charge >= 0.3 is 6.03 Å². The van der Waals surface area contributed by atoms with Gasteiger partial charge in [-0.05, 0) is 72.9 Å².